The van der Waals surface area contributed by atoms with Crippen molar-refractivity contribution >= 4 is 28.2 Å². The van der Waals surface area contributed by atoms with E-state index >= 15 is 0 Å². The molecule has 2 aromatic rings. The minimum absolute atomic E-state index is 0.0111. The van der Waals surface area contributed by atoms with Gasteiger partial charge in [-0.2, -0.15) is 0 Å². The van der Waals surface area contributed by atoms with Crippen LogP contribution in [0.25, 0.3) is 0 Å². The summed E-state index contributed by atoms with van der Waals surface area (Å²) in [5.74, 6) is -2.27. The molecule has 0 bridgehead atoms. The van der Waals surface area contributed by atoms with Crippen molar-refractivity contribution in [2.45, 2.75) is 13.8 Å². The van der Waals surface area contributed by atoms with Crippen LogP contribution in [0.4, 0.5) is 9.39 Å². The molecular formula is C14H11FNO3S-. The largest absolute Gasteiger partial charge is 0.545 e. The van der Waals surface area contributed by atoms with E-state index in [0.29, 0.717) is 5.56 Å². The lowest BCUT2D eigenvalue weighted by atomic mass is 10.1. The van der Waals surface area contributed by atoms with Crippen molar-refractivity contribution in [1.82, 2.24) is 0 Å². The summed E-state index contributed by atoms with van der Waals surface area (Å²) in [4.78, 5) is 23.9. The van der Waals surface area contributed by atoms with Gasteiger partial charge in [0.2, 0.25) is 0 Å². The molecule has 4 nitrogen and oxygen atoms in total. The average Bonchev–Trinajstić information content (AvgIpc) is 2.65. The lowest BCUT2D eigenvalue weighted by Gasteiger charge is -2.08. The SMILES string of the molecule is Cc1sc(NC(=O)c2ccc(F)cc2)c(C(=O)[O-])c1C. The Labute approximate surface area is 118 Å². The monoisotopic (exact) mass is 292 g/mol. The summed E-state index contributed by atoms with van der Waals surface area (Å²) in [5, 5.41) is 13.9. The molecule has 0 aliphatic carbocycles. The van der Waals surface area contributed by atoms with E-state index in [4.69, 9.17) is 0 Å². The lowest BCUT2D eigenvalue weighted by molar-refractivity contribution is -0.254. The van der Waals surface area contributed by atoms with Gasteiger partial charge in [0.05, 0.1) is 5.97 Å². The molecule has 20 heavy (non-hydrogen) atoms. The Morgan fingerprint density at radius 2 is 1.80 bits per heavy atom. The summed E-state index contributed by atoms with van der Waals surface area (Å²) in [7, 11) is 0. The van der Waals surface area contributed by atoms with Gasteiger partial charge in [0, 0.05) is 16.0 Å². The summed E-state index contributed by atoms with van der Waals surface area (Å²) >= 11 is 1.17. The van der Waals surface area contributed by atoms with Crippen molar-refractivity contribution in [3.63, 3.8) is 0 Å². The van der Waals surface area contributed by atoms with Crippen LogP contribution in [0.15, 0.2) is 24.3 Å². The highest BCUT2D eigenvalue weighted by Gasteiger charge is 2.16. The zero-order chi connectivity index (χ0) is 14.9. The maximum atomic E-state index is 12.8. The molecule has 2 rings (SSSR count). The fourth-order valence-corrected chi connectivity index (χ4v) is 2.78. The highest BCUT2D eigenvalue weighted by Crippen LogP contribution is 2.32. The summed E-state index contributed by atoms with van der Waals surface area (Å²) < 4.78 is 12.8. The van der Waals surface area contributed by atoms with Gasteiger partial charge >= 0.3 is 0 Å². The van der Waals surface area contributed by atoms with Crippen LogP contribution < -0.4 is 10.4 Å². The first-order chi connectivity index (χ1) is 9.40. The van der Waals surface area contributed by atoms with Crippen molar-refractivity contribution in [1.29, 1.82) is 0 Å². The van der Waals surface area contributed by atoms with E-state index in [-0.39, 0.29) is 16.1 Å². The van der Waals surface area contributed by atoms with Gasteiger partial charge in [-0.05, 0) is 43.7 Å². The maximum absolute atomic E-state index is 12.8. The minimum Gasteiger partial charge on any atom is -0.545 e. The minimum atomic E-state index is -1.33. The van der Waals surface area contributed by atoms with E-state index in [0.717, 1.165) is 4.88 Å². The van der Waals surface area contributed by atoms with E-state index in [1.54, 1.807) is 13.8 Å². The third kappa shape index (κ3) is 2.70. The molecule has 0 radical (unpaired) electrons. The summed E-state index contributed by atoms with van der Waals surface area (Å²) in [6, 6.07) is 4.99. The quantitative estimate of drug-likeness (QED) is 0.942. The molecule has 1 aromatic carbocycles. The van der Waals surface area contributed by atoms with Gasteiger partial charge in [-0.1, -0.05) is 0 Å². The first-order valence-electron chi connectivity index (χ1n) is 5.78. The zero-order valence-electron chi connectivity index (χ0n) is 10.8. The number of aryl methyl sites for hydroxylation is 1. The highest BCUT2D eigenvalue weighted by atomic mass is 32.1. The molecule has 1 amide bonds. The molecule has 1 N–H and O–H groups in total. The number of halogens is 1. The number of hydrogen-bond donors (Lipinski definition) is 1. The summed E-state index contributed by atoms with van der Waals surface area (Å²) in [6.07, 6.45) is 0. The number of carboxylic acid groups (broad SMARTS) is 1. The van der Waals surface area contributed by atoms with E-state index < -0.39 is 17.7 Å². The molecule has 0 saturated carbocycles. The Hall–Kier alpha value is -2.21. The van der Waals surface area contributed by atoms with Crippen LogP contribution in [0.1, 0.15) is 31.2 Å². The number of benzene rings is 1. The molecule has 0 fully saturated rings. The van der Waals surface area contributed by atoms with E-state index in [9.17, 15) is 19.1 Å². The van der Waals surface area contributed by atoms with E-state index in [2.05, 4.69) is 5.32 Å². The first-order valence-corrected chi connectivity index (χ1v) is 6.60. The normalized spacial score (nSPS) is 10.3. The number of carboxylic acids is 1. The average molecular weight is 292 g/mol. The number of rotatable bonds is 3. The first kappa shape index (κ1) is 14.2. The van der Waals surface area contributed by atoms with Gasteiger partial charge in [0.25, 0.3) is 5.91 Å². The number of carbonyl (C=O) groups excluding carboxylic acids is 2. The molecule has 0 aliphatic rings. The van der Waals surface area contributed by atoms with Gasteiger partial charge in [0.15, 0.2) is 0 Å². The second-order valence-electron chi connectivity index (χ2n) is 4.24. The number of carbonyl (C=O) groups is 2. The van der Waals surface area contributed by atoms with Crippen molar-refractivity contribution < 1.29 is 19.1 Å². The second-order valence-corrected chi connectivity index (χ2v) is 5.46. The molecule has 0 atom stereocenters. The number of thiophene rings is 1. The molecule has 0 spiro atoms. The smallest absolute Gasteiger partial charge is 0.256 e. The Morgan fingerprint density at radius 1 is 1.20 bits per heavy atom. The maximum Gasteiger partial charge on any atom is 0.256 e. The number of aromatic carboxylic acids is 1. The summed E-state index contributed by atoms with van der Waals surface area (Å²) in [6.45, 7) is 3.42. The van der Waals surface area contributed by atoms with Crippen LogP contribution in [0.5, 0.6) is 0 Å². The Kier molecular flexibility index (Phi) is 3.85. The molecule has 0 aliphatic heterocycles. The van der Waals surface area contributed by atoms with Crippen molar-refractivity contribution in [3.05, 3.63) is 51.7 Å². The molecule has 1 aromatic heterocycles. The number of nitrogens with one attached hydrogen (secondary N) is 1. The Morgan fingerprint density at radius 3 is 2.35 bits per heavy atom. The van der Waals surface area contributed by atoms with E-state index in [1.165, 1.54) is 35.6 Å². The number of hydrogen-bond acceptors (Lipinski definition) is 4. The fraction of sp³-hybridized carbons (Fsp3) is 0.143. The number of amides is 1. The third-order valence-corrected chi connectivity index (χ3v) is 4.05. The fourth-order valence-electron chi connectivity index (χ4n) is 1.74. The van der Waals surface area contributed by atoms with Gasteiger partial charge < -0.3 is 15.2 Å². The highest BCUT2D eigenvalue weighted by molar-refractivity contribution is 7.16. The summed E-state index contributed by atoms with van der Waals surface area (Å²) in [5.41, 5.74) is 0.812. The number of anilines is 1. The topological polar surface area (TPSA) is 69.2 Å². The zero-order valence-corrected chi connectivity index (χ0v) is 11.6. The van der Waals surface area contributed by atoms with Gasteiger partial charge in [0.1, 0.15) is 10.8 Å². The van der Waals surface area contributed by atoms with Crippen LogP contribution >= 0.6 is 11.3 Å². The molecule has 1 heterocycles. The predicted octanol–water partition coefficient (Wildman–Crippen LogP) is 2.12. The van der Waals surface area contributed by atoms with Gasteiger partial charge in [-0.25, -0.2) is 4.39 Å². The van der Waals surface area contributed by atoms with Crippen LogP contribution in [0, 0.1) is 19.7 Å². The molecular weight excluding hydrogens is 281 g/mol. The van der Waals surface area contributed by atoms with Crippen LogP contribution in [-0.4, -0.2) is 11.9 Å². The lowest BCUT2D eigenvalue weighted by Crippen LogP contribution is -2.24. The van der Waals surface area contributed by atoms with Crippen molar-refractivity contribution in [2.75, 3.05) is 5.32 Å². The van der Waals surface area contributed by atoms with Crippen LogP contribution in [0.3, 0.4) is 0 Å². The van der Waals surface area contributed by atoms with Crippen LogP contribution in [-0.2, 0) is 0 Å². The Bertz CT molecular complexity index is 676. The van der Waals surface area contributed by atoms with Crippen molar-refractivity contribution in [3.8, 4) is 0 Å². The van der Waals surface area contributed by atoms with E-state index in [1.807, 2.05) is 0 Å². The standard InChI is InChI=1S/C14H12FNO3S/c1-7-8(2)20-13(11(7)14(18)19)16-12(17)9-3-5-10(15)6-4-9/h3-6H,1-2H3,(H,16,17)(H,18,19)/p-1. The second kappa shape index (κ2) is 5.42. The molecule has 6 heteroatoms. The predicted molar refractivity (Wildman–Crippen MR) is 72.5 cm³/mol. The molecule has 0 unspecified atom stereocenters. The third-order valence-electron chi connectivity index (χ3n) is 2.92. The Balaban J connectivity index is 2.30. The molecule has 0 saturated heterocycles. The van der Waals surface area contributed by atoms with Gasteiger partial charge in [-0.3, -0.25) is 4.79 Å². The molecule has 104 valence electrons. The van der Waals surface area contributed by atoms with Gasteiger partial charge in [-0.15, -0.1) is 11.3 Å². The van der Waals surface area contributed by atoms with Crippen LogP contribution in [0.2, 0.25) is 0 Å². The van der Waals surface area contributed by atoms with Crippen molar-refractivity contribution in [2.24, 2.45) is 0 Å².